The van der Waals surface area contributed by atoms with E-state index >= 15 is 0 Å². The van der Waals surface area contributed by atoms with E-state index in [-0.39, 0.29) is 18.4 Å². The number of para-hydroxylation sites is 2. The number of carbonyl (C=O) groups is 2. The Hall–Kier alpha value is -2.82. The molecule has 1 heterocycles. The zero-order valence-electron chi connectivity index (χ0n) is 14.0. The number of amides is 2. The van der Waals surface area contributed by atoms with E-state index in [0.717, 1.165) is 11.1 Å². The molecule has 0 bridgehead atoms. The largest absolute Gasteiger partial charge is 0.481 e. The van der Waals surface area contributed by atoms with Crippen molar-refractivity contribution in [2.24, 2.45) is 0 Å². The molecule has 0 unspecified atom stereocenters. The Morgan fingerprint density at radius 3 is 2.75 bits per heavy atom. The second-order valence-electron chi connectivity index (χ2n) is 6.02. The summed E-state index contributed by atoms with van der Waals surface area (Å²) in [4.78, 5) is 26.2. The molecule has 2 aromatic carbocycles. The van der Waals surface area contributed by atoms with Gasteiger partial charge in [-0.15, -0.1) is 0 Å². The van der Waals surface area contributed by atoms with Crippen LogP contribution in [0.15, 0.2) is 42.5 Å². The Morgan fingerprint density at radius 1 is 1.21 bits per heavy atom. The fourth-order valence-electron chi connectivity index (χ4n) is 2.72. The van der Waals surface area contributed by atoms with Crippen molar-refractivity contribution in [2.75, 3.05) is 16.8 Å². The number of fused-ring (bicyclic) bond motifs is 1. The lowest BCUT2D eigenvalue weighted by atomic mass is 10.1. The smallest absolute Gasteiger partial charge is 0.268 e. The molecule has 0 aromatic heterocycles. The fourth-order valence-corrected chi connectivity index (χ4v) is 2.72. The van der Waals surface area contributed by atoms with Gasteiger partial charge in [-0.25, -0.2) is 0 Å². The lowest BCUT2D eigenvalue weighted by Gasteiger charge is -2.31. The molecule has 5 heteroatoms. The molecule has 2 amide bonds. The molecule has 24 heavy (non-hydrogen) atoms. The van der Waals surface area contributed by atoms with Gasteiger partial charge in [0.1, 0.15) is 12.3 Å². The average molecular weight is 324 g/mol. The van der Waals surface area contributed by atoms with Crippen LogP contribution in [0.1, 0.15) is 18.1 Å². The minimum Gasteiger partial charge on any atom is -0.481 e. The molecular formula is C19H20N2O3. The van der Waals surface area contributed by atoms with Crippen LogP contribution in [-0.2, 0) is 9.59 Å². The van der Waals surface area contributed by atoms with Gasteiger partial charge in [-0.3, -0.25) is 14.5 Å². The van der Waals surface area contributed by atoms with E-state index in [4.69, 9.17) is 4.74 Å². The molecule has 2 aromatic rings. The third kappa shape index (κ3) is 3.11. The van der Waals surface area contributed by atoms with Crippen molar-refractivity contribution in [1.29, 1.82) is 0 Å². The lowest BCUT2D eigenvalue weighted by Crippen LogP contribution is -2.47. The SMILES string of the molecule is Cc1ccc(C)c(O[C@H](C)C(=O)N2CC(=O)Nc3ccccc32)c1. The molecule has 124 valence electrons. The molecule has 0 saturated heterocycles. The summed E-state index contributed by atoms with van der Waals surface area (Å²) < 4.78 is 5.87. The average Bonchev–Trinajstić information content (AvgIpc) is 2.56. The summed E-state index contributed by atoms with van der Waals surface area (Å²) in [5, 5.41) is 2.78. The van der Waals surface area contributed by atoms with Crippen LogP contribution < -0.4 is 15.0 Å². The Kier molecular flexibility index (Phi) is 4.25. The van der Waals surface area contributed by atoms with Crippen LogP contribution in [0.3, 0.4) is 0 Å². The van der Waals surface area contributed by atoms with E-state index in [2.05, 4.69) is 5.32 Å². The molecule has 0 saturated carbocycles. The van der Waals surface area contributed by atoms with E-state index in [1.807, 2.05) is 50.2 Å². The highest BCUT2D eigenvalue weighted by atomic mass is 16.5. The second kappa shape index (κ2) is 6.35. The van der Waals surface area contributed by atoms with Gasteiger partial charge in [0.15, 0.2) is 6.10 Å². The van der Waals surface area contributed by atoms with Crippen molar-refractivity contribution in [3.05, 3.63) is 53.6 Å². The van der Waals surface area contributed by atoms with Gasteiger partial charge in [0.2, 0.25) is 5.91 Å². The van der Waals surface area contributed by atoms with Crippen LogP contribution in [0.5, 0.6) is 5.75 Å². The minimum absolute atomic E-state index is 0.00362. The highest BCUT2D eigenvalue weighted by molar-refractivity contribution is 6.10. The van der Waals surface area contributed by atoms with Crippen molar-refractivity contribution < 1.29 is 14.3 Å². The first-order valence-corrected chi connectivity index (χ1v) is 7.90. The number of carbonyl (C=O) groups excluding carboxylic acids is 2. The van der Waals surface area contributed by atoms with E-state index in [0.29, 0.717) is 17.1 Å². The molecule has 0 aliphatic carbocycles. The van der Waals surface area contributed by atoms with Crippen LogP contribution in [-0.4, -0.2) is 24.5 Å². The predicted molar refractivity (Wildman–Crippen MR) is 93.4 cm³/mol. The van der Waals surface area contributed by atoms with Gasteiger partial charge < -0.3 is 10.1 Å². The number of benzene rings is 2. The van der Waals surface area contributed by atoms with E-state index in [1.165, 1.54) is 4.90 Å². The Bertz CT molecular complexity index is 801. The number of nitrogens with one attached hydrogen (secondary N) is 1. The number of hydrogen-bond donors (Lipinski definition) is 1. The summed E-state index contributed by atoms with van der Waals surface area (Å²) in [6.07, 6.45) is -0.690. The molecule has 1 N–H and O–H groups in total. The number of ether oxygens (including phenoxy) is 1. The monoisotopic (exact) mass is 324 g/mol. The highest BCUT2D eigenvalue weighted by Gasteiger charge is 2.30. The summed E-state index contributed by atoms with van der Waals surface area (Å²) in [7, 11) is 0. The molecule has 0 fully saturated rings. The normalized spacial score (nSPS) is 14.6. The maximum atomic E-state index is 12.8. The van der Waals surface area contributed by atoms with Gasteiger partial charge in [-0.05, 0) is 50.1 Å². The van der Waals surface area contributed by atoms with E-state index in [1.54, 1.807) is 13.0 Å². The Balaban J connectivity index is 1.83. The zero-order chi connectivity index (χ0) is 17.3. The van der Waals surface area contributed by atoms with Gasteiger partial charge in [0.05, 0.1) is 11.4 Å². The highest BCUT2D eigenvalue weighted by Crippen LogP contribution is 2.30. The van der Waals surface area contributed by atoms with Gasteiger partial charge >= 0.3 is 0 Å². The molecule has 1 aliphatic rings. The van der Waals surface area contributed by atoms with Crippen LogP contribution in [0, 0.1) is 13.8 Å². The first-order chi connectivity index (χ1) is 11.5. The van der Waals surface area contributed by atoms with Crippen molar-refractivity contribution in [2.45, 2.75) is 26.9 Å². The number of rotatable bonds is 3. The maximum Gasteiger partial charge on any atom is 0.268 e. The predicted octanol–water partition coefficient (Wildman–Crippen LogP) is 3.06. The number of aryl methyl sites for hydroxylation is 2. The summed E-state index contributed by atoms with van der Waals surface area (Å²) in [6.45, 7) is 5.62. The number of anilines is 2. The van der Waals surface area contributed by atoms with Gasteiger partial charge in [0.25, 0.3) is 5.91 Å². The van der Waals surface area contributed by atoms with Crippen molar-refractivity contribution in [3.8, 4) is 5.75 Å². The van der Waals surface area contributed by atoms with Crippen LogP contribution in [0.4, 0.5) is 11.4 Å². The van der Waals surface area contributed by atoms with Crippen molar-refractivity contribution >= 4 is 23.2 Å². The molecule has 5 nitrogen and oxygen atoms in total. The molecular weight excluding hydrogens is 304 g/mol. The molecule has 0 spiro atoms. The lowest BCUT2D eigenvalue weighted by molar-refractivity contribution is -0.126. The number of nitrogens with zero attached hydrogens (tertiary/aromatic N) is 1. The quantitative estimate of drug-likeness (QED) is 0.944. The van der Waals surface area contributed by atoms with Gasteiger partial charge in [-0.1, -0.05) is 24.3 Å². The summed E-state index contributed by atoms with van der Waals surface area (Å²) >= 11 is 0. The van der Waals surface area contributed by atoms with Crippen molar-refractivity contribution in [1.82, 2.24) is 0 Å². The molecule has 0 radical (unpaired) electrons. The number of hydrogen-bond acceptors (Lipinski definition) is 3. The minimum atomic E-state index is -0.690. The zero-order valence-corrected chi connectivity index (χ0v) is 14.0. The Morgan fingerprint density at radius 2 is 1.96 bits per heavy atom. The van der Waals surface area contributed by atoms with Gasteiger partial charge in [0, 0.05) is 0 Å². The standard InChI is InChI=1S/C19H20N2O3/c1-12-8-9-13(2)17(10-12)24-14(3)19(23)21-11-18(22)20-15-6-4-5-7-16(15)21/h4-10,14H,11H2,1-3H3,(H,20,22)/t14-/m1/s1. The van der Waals surface area contributed by atoms with E-state index < -0.39 is 6.10 Å². The fraction of sp³-hybridized carbons (Fsp3) is 0.263. The first-order valence-electron chi connectivity index (χ1n) is 7.90. The van der Waals surface area contributed by atoms with Crippen LogP contribution >= 0.6 is 0 Å². The van der Waals surface area contributed by atoms with Crippen molar-refractivity contribution in [3.63, 3.8) is 0 Å². The molecule has 1 aliphatic heterocycles. The third-order valence-corrected chi connectivity index (χ3v) is 4.03. The Labute approximate surface area is 141 Å². The van der Waals surface area contributed by atoms with Crippen LogP contribution in [0.2, 0.25) is 0 Å². The first kappa shape index (κ1) is 16.1. The van der Waals surface area contributed by atoms with E-state index in [9.17, 15) is 9.59 Å². The van der Waals surface area contributed by atoms with Gasteiger partial charge in [-0.2, -0.15) is 0 Å². The summed E-state index contributed by atoms with van der Waals surface area (Å²) in [6, 6.07) is 13.1. The second-order valence-corrected chi connectivity index (χ2v) is 6.02. The van der Waals surface area contributed by atoms with Crippen LogP contribution in [0.25, 0.3) is 0 Å². The summed E-state index contributed by atoms with van der Waals surface area (Å²) in [5.74, 6) is 0.241. The summed E-state index contributed by atoms with van der Waals surface area (Å²) in [5.41, 5.74) is 3.37. The maximum absolute atomic E-state index is 12.8. The molecule has 1 atom stereocenters. The molecule has 3 rings (SSSR count). The third-order valence-electron chi connectivity index (χ3n) is 4.03. The topological polar surface area (TPSA) is 58.6 Å².